The van der Waals surface area contributed by atoms with Gasteiger partial charge in [-0.25, -0.2) is 4.98 Å². The second kappa shape index (κ2) is 4.77. The second-order valence-corrected chi connectivity index (χ2v) is 4.59. The Morgan fingerprint density at radius 1 is 1.05 bits per heavy atom. The largest absolute Gasteiger partial charge is 0.504 e. The fourth-order valence-corrected chi connectivity index (χ4v) is 2.05. The monoisotopic (exact) mass is 266 g/mol. The molecule has 0 aliphatic rings. The number of aromatic nitrogens is 2. The number of azo groups is 1. The van der Waals surface area contributed by atoms with E-state index < -0.39 is 0 Å². The minimum absolute atomic E-state index is 0.132. The van der Waals surface area contributed by atoms with E-state index in [1.807, 2.05) is 38.1 Å². The van der Waals surface area contributed by atoms with Crippen molar-refractivity contribution < 1.29 is 5.11 Å². The molecule has 0 saturated carbocycles. The molecule has 0 fully saturated rings. The van der Waals surface area contributed by atoms with E-state index in [2.05, 4.69) is 15.2 Å². The van der Waals surface area contributed by atoms with Gasteiger partial charge in [-0.1, -0.05) is 18.2 Å². The van der Waals surface area contributed by atoms with Crippen LogP contribution in [0, 0.1) is 13.8 Å². The maximum absolute atomic E-state index is 9.78. The molecule has 0 amide bonds. The third-order valence-corrected chi connectivity index (χ3v) is 3.14. The molecule has 5 heteroatoms. The summed E-state index contributed by atoms with van der Waals surface area (Å²) >= 11 is 0. The lowest BCUT2D eigenvalue weighted by Gasteiger charge is -1.99. The summed E-state index contributed by atoms with van der Waals surface area (Å²) in [6.45, 7) is 3.83. The van der Waals surface area contributed by atoms with E-state index in [1.54, 1.807) is 22.7 Å². The van der Waals surface area contributed by atoms with Crippen molar-refractivity contribution in [1.82, 2.24) is 9.38 Å². The number of aromatic hydroxyl groups is 1. The smallest absolute Gasteiger partial charge is 0.182 e. The third kappa shape index (κ3) is 2.03. The third-order valence-electron chi connectivity index (χ3n) is 3.14. The molecule has 0 bridgehead atoms. The highest BCUT2D eigenvalue weighted by Gasteiger charge is 2.10. The van der Waals surface area contributed by atoms with Gasteiger partial charge >= 0.3 is 0 Å². The van der Waals surface area contributed by atoms with E-state index in [9.17, 15) is 5.11 Å². The Kier molecular flexibility index (Phi) is 2.95. The Morgan fingerprint density at radius 2 is 1.85 bits per heavy atom. The lowest BCUT2D eigenvalue weighted by Crippen LogP contribution is -1.82. The van der Waals surface area contributed by atoms with Crippen molar-refractivity contribution in [1.29, 1.82) is 0 Å². The lowest BCUT2D eigenvalue weighted by atomic mass is 10.2. The zero-order chi connectivity index (χ0) is 14.1. The fourth-order valence-electron chi connectivity index (χ4n) is 2.05. The van der Waals surface area contributed by atoms with Gasteiger partial charge in [0.2, 0.25) is 0 Å². The lowest BCUT2D eigenvalue weighted by molar-refractivity contribution is 0.477. The first kappa shape index (κ1) is 12.3. The highest BCUT2D eigenvalue weighted by atomic mass is 16.3. The van der Waals surface area contributed by atoms with Crippen LogP contribution in [0.4, 0.5) is 11.5 Å². The average molecular weight is 266 g/mol. The number of benzene rings is 1. The normalized spacial score (nSPS) is 11.5. The Labute approximate surface area is 116 Å². The van der Waals surface area contributed by atoms with Crippen molar-refractivity contribution in [3.05, 3.63) is 53.9 Å². The first-order valence-electron chi connectivity index (χ1n) is 6.31. The van der Waals surface area contributed by atoms with E-state index in [-0.39, 0.29) is 5.75 Å². The van der Waals surface area contributed by atoms with E-state index in [0.29, 0.717) is 11.5 Å². The summed E-state index contributed by atoms with van der Waals surface area (Å²) in [5, 5.41) is 18.3. The van der Waals surface area contributed by atoms with Gasteiger partial charge < -0.3 is 5.11 Å². The summed E-state index contributed by atoms with van der Waals surface area (Å²) in [5.41, 5.74) is 3.10. The number of aryl methyl sites for hydroxylation is 2. The SMILES string of the molecule is Cc1ccccc1N=Nc1c(C)nc2c(O)cccn12. The molecule has 1 aromatic carbocycles. The van der Waals surface area contributed by atoms with Crippen LogP contribution in [-0.4, -0.2) is 14.5 Å². The molecular weight excluding hydrogens is 252 g/mol. The van der Waals surface area contributed by atoms with Crippen LogP contribution in [0.1, 0.15) is 11.3 Å². The molecule has 0 atom stereocenters. The summed E-state index contributed by atoms with van der Waals surface area (Å²) in [7, 11) is 0. The molecule has 3 rings (SSSR count). The van der Waals surface area contributed by atoms with Gasteiger partial charge in [0.05, 0.1) is 11.4 Å². The highest BCUT2D eigenvalue weighted by Crippen LogP contribution is 2.28. The van der Waals surface area contributed by atoms with Crippen LogP contribution in [0.5, 0.6) is 5.75 Å². The molecule has 2 aromatic heterocycles. The Bertz CT molecular complexity index is 805. The maximum atomic E-state index is 9.78. The van der Waals surface area contributed by atoms with Gasteiger partial charge in [0.25, 0.3) is 0 Å². The van der Waals surface area contributed by atoms with Crippen molar-refractivity contribution in [3.8, 4) is 5.75 Å². The number of rotatable bonds is 2. The van der Waals surface area contributed by atoms with Gasteiger partial charge in [0.15, 0.2) is 17.2 Å². The second-order valence-electron chi connectivity index (χ2n) is 4.59. The van der Waals surface area contributed by atoms with Crippen LogP contribution in [0.2, 0.25) is 0 Å². The van der Waals surface area contributed by atoms with Gasteiger partial charge in [-0.3, -0.25) is 4.40 Å². The van der Waals surface area contributed by atoms with Crippen molar-refractivity contribution in [2.45, 2.75) is 13.8 Å². The van der Waals surface area contributed by atoms with Crippen LogP contribution >= 0.6 is 0 Å². The van der Waals surface area contributed by atoms with Crippen LogP contribution < -0.4 is 0 Å². The Hall–Kier alpha value is -2.69. The number of nitrogens with zero attached hydrogens (tertiary/aromatic N) is 4. The number of hydrogen-bond acceptors (Lipinski definition) is 4. The van der Waals surface area contributed by atoms with Crippen LogP contribution in [0.25, 0.3) is 5.65 Å². The van der Waals surface area contributed by atoms with Crippen molar-refractivity contribution in [2.75, 3.05) is 0 Å². The Balaban J connectivity index is 2.10. The molecule has 20 heavy (non-hydrogen) atoms. The predicted octanol–water partition coefficient (Wildman–Crippen LogP) is 4.07. The molecule has 1 N–H and O–H groups in total. The van der Waals surface area contributed by atoms with Crippen LogP contribution in [0.3, 0.4) is 0 Å². The molecule has 0 radical (unpaired) electrons. The minimum Gasteiger partial charge on any atom is -0.504 e. The summed E-state index contributed by atoms with van der Waals surface area (Å²) in [6.07, 6.45) is 1.81. The number of imidazole rings is 1. The Morgan fingerprint density at radius 3 is 2.65 bits per heavy atom. The molecule has 2 heterocycles. The van der Waals surface area contributed by atoms with Crippen LogP contribution in [0.15, 0.2) is 52.8 Å². The van der Waals surface area contributed by atoms with Crippen molar-refractivity contribution in [3.63, 3.8) is 0 Å². The molecule has 0 spiro atoms. The molecule has 5 nitrogen and oxygen atoms in total. The average Bonchev–Trinajstić information content (AvgIpc) is 2.76. The molecule has 0 saturated heterocycles. The molecule has 0 aliphatic heterocycles. The van der Waals surface area contributed by atoms with Gasteiger partial charge in [-0.2, -0.15) is 0 Å². The van der Waals surface area contributed by atoms with E-state index in [1.165, 1.54) is 0 Å². The summed E-state index contributed by atoms with van der Waals surface area (Å²) in [6, 6.07) is 11.1. The van der Waals surface area contributed by atoms with E-state index in [4.69, 9.17) is 0 Å². The van der Waals surface area contributed by atoms with E-state index in [0.717, 1.165) is 16.9 Å². The standard InChI is InChI=1S/C15H14N4O/c1-10-6-3-4-7-12(10)17-18-14-11(2)16-15-13(20)8-5-9-19(14)15/h3-9,20H,1-2H3. The van der Waals surface area contributed by atoms with Crippen molar-refractivity contribution >= 4 is 17.2 Å². The zero-order valence-electron chi connectivity index (χ0n) is 11.3. The minimum atomic E-state index is 0.132. The number of pyridine rings is 1. The summed E-state index contributed by atoms with van der Waals surface area (Å²) in [4.78, 5) is 4.31. The number of fused-ring (bicyclic) bond motifs is 1. The van der Waals surface area contributed by atoms with Gasteiger partial charge in [0, 0.05) is 6.20 Å². The number of hydrogen-bond donors (Lipinski definition) is 1. The van der Waals surface area contributed by atoms with E-state index >= 15 is 0 Å². The topological polar surface area (TPSA) is 62.2 Å². The van der Waals surface area contributed by atoms with Crippen LogP contribution in [-0.2, 0) is 0 Å². The zero-order valence-corrected chi connectivity index (χ0v) is 11.3. The maximum Gasteiger partial charge on any atom is 0.182 e. The molecule has 3 aromatic rings. The van der Waals surface area contributed by atoms with Gasteiger partial charge in [-0.15, -0.1) is 10.2 Å². The quantitative estimate of drug-likeness (QED) is 0.710. The first-order valence-corrected chi connectivity index (χ1v) is 6.31. The first-order chi connectivity index (χ1) is 9.66. The predicted molar refractivity (Wildman–Crippen MR) is 76.9 cm³/mol. The fraction of sp³-hybridized carbons (Fsp3) is 0.133. The van der Waals surface area contributed by atoms with Gasteiger partial charge in [-0.05, 0) is 37.6 Å². The molecular formula is C15H14N4O. The molecule has 0 unspecified atom stereocenters. The molecule has 0 aliphatic carbocycles. The summed E-state index contributed by atoms with van der Waals surface area (Å²) in [5.74, 6) is 0.757. The van der Waals surface area contributed by atoms with Crippen molar-refractivity contribution in [2.24, 2.45) is 10.2 Å². The summed E-state index contributed by atoms with van der Waals surface area (Å²) < 4.78 is 1.73. The highest BCUT2D eigenvalue weighted by molar-refractivity contribution is 5.60. The van der Waals surface area contributed by atoms with Gasteiger partial charge in [0.1, 0.15) is 0 Å². The molecule has 100 valence electrons.